The SMILES string of the molecule is Cc1cc(CSc2ccccc2C(=O)NCCc2cccc(Cl)c2)on1. The summed E-state index contributed by atoms with van der Waals surface area (Å²) in [7, 11) is 0. The van der Waals surface area contributed by atoms with Crippen LogP contribution in [0.15, 0.2) is 64.0 Å². The molecule has 3 rings (SSSR count). The first kappa shape index (κ1) is 18.5. The number of rotatable bonds is 7. The summed E-state index contributed by atoms with van der Waals surface area (Å²) < 4.78 is 5.23. The summed E-state index contributed by atoms with van der Waals surface area (Å²) in [4.78, 5) is 13.5. The number of thioether (sulfide) groups is 1. The Morgan fingerprint density at radius 2 is 2.04 bits per heavy atom. The van der Waals surface area contributed by atoms with Crippen molar-refractivity contribution in [2.45, 2.75) is 24.0 Å². The third-order valence-corrected chi connectivity index (χ3v) is 5.10. The van der Waals surface area contributed by atoms with Crippen LogP contribution in [0.1, 0.15) is 27.4 Å². The van der Waals surface area contributed by atoms with E-state index in [0.717, 1.165) is 28.3 Å². The van der Waals surface area contributed by atoms with Gasteiger partial charge in [-0.05, 0) is 43.2 Å². The highest BCUT2D eigenvalue weighted by atomic mass is 35.5. The summed E-state index contributed by atoms with van der Waals surface area (Å²) in [5, 5.41) is 7.57. The number of hydrogen-bond acceptors (Lipinski definition) is 4. The van der Waals surface area contributed by atoms with Crippen LogP contribution in [0.5, 0.6) is 0 Å². The Morgan fingerprint density at radius 1 is 1.19 bits per heavy atom. The van der Waals surface area contributed by atoms with Crippen LogP contribution in [0.2, 0.25) is 5.02 Å². The van der Waals surface area contributed by atoms with Crippen LogP contribution in [0.4, 0.5) is 0 Å². The van der Waals surface area contributed by atoms with Crippen molar-refractivity contribution in [3.05, 3.63) is 82.2 Å². The number of benzene rings is 2. The molecule has 3 aromatic rings. The second-order valence-corrected chi connectivity index (χ2v) is 7.31. The number of halogens is 1. The number of amides is 1. The topological polar surface area (TPSA) is 55.1 Å². The van der Waals surface area contributed by atoms with Crippen molar-refractivity contribution in [1.82, 2.24) is 10.5 Å². The third-order valence-electron chi connectivity index (χ3n) is 3.77. The van der Waals surface area contributed by atoms with Crippen molar-refractivity contribution < 1.29 is 9.32 Å². The first-order valence-electron chi connectivity index (χ1n) is 8.28. The molecule has 0 fully saturated rings. The molecule has 4 nitrogen and oxygen atoms in total. The van der Waals surface area contributed by atoms with E-state index in [-0.39, 0.29) is 5.91 Å². The van der Waals surface area contributed by atoms with Crippen molar-refractivity contribution >= 4 is 29.3 Å². The summed E-state index contributed by atoms with van der Waals surface area (Å²) in [5.74, 6) is 1.35. The van der Waals surface area contributed by atoms with Crippen molar-refractivity contribution in [2.24, 2.45) is 0 Å². The van der Waals surface area contributed by atoms with Crippen molar-refractivity contribution in [3.8, 4) is 0 Å². The summed E-state index contributed by atoms with van der Waals surface area (Å²) in [5.41, 5.74) is 2.62. The van der Waals surface area contributed by atoms with Gasteiger partial charge in [0.25, 0.3) is 5.91 Å². The lowest BCUT2D eigenvalue weighted by atomic mass is 10.1. The Labute approximate surface area is 161 Å². The van der Waals surface area contributed by atoms with E-state index in [2.05, 4.69) is 10.5 Å². The predicted octanol–water partition coefficient (Wildman–Crippen LogP) is 4.90. The molecule has 1 N–H and O–H groups in total. The van der Waals surface area contributed by atoms with E-state index in [1.807, 2.05) is 61.5 Å². The minimum absolute atomic E-state index is 0.0797. The second kappa shape index (κ2) is 8.92. The Morgan fingerprint density at radius 3 is 2.81 bits per heavy atom. The average Bonchev–Trinajstić information content (AvgIpc) is 3.05. The summed E-state index contributed by atoms with van der Waals surface area (Å²) in [6.45, 7) is 2.44. The molecular weight excluding hydrogens is 368 g/mol. The number of hydrogen-bond donors (Lipinski definition) is 1. The maximum atomic E-state index is 12.6. The zero-order valence-electron chi connectivity index (χ0n) is 14.4. The molecule has 0 aliphatic carbocycles. The molecule has 134 valence electrons. The van der Waals surface area contributed by atoms with Crippen LogP contribution in [0, 0.1) is 6.92 Å². The Hall–Kier alpha value is -2.24. The molecule has 0 unspecified atom stereocenters. The largest absolute Gasteiger partial charge is 0.360 e. The van der Waals surface area contributed by atoms with E-state index >= 15 is 0 Å². The van der Waals surface area contributed by atoms with E-state index in [1.54, 1.807) is 11.8 Å². The summed E-state index contributed by atoms with van der Waals surface area (Å²) in [6.07, 6.45) is 0.735. The molecule has 0 spiro atoms. The molecule has 0 aliphatic rings. The molecule has 2 aromatic carbocycles. The molecule has 0 atom stereocenters. The van der Waals surface area contributed by atoms with Gasteiger partial charge in [-0.25, -0.2) is 0 Å². The van der Waals surface area contributed by atoms with E-state index in [9.17, 15) is 4.79 Å². The lowest BCUT2D eigenvalue weighted by molar-refractivity contribution is 0.0951. The molecule has 0 bridgehead atoms. The molecule has 0 saturated carbocycles. The van der Waals surface area contributed by atoms with Crippen molar-refractivity contribution in [3.63, 3.8) is 0 Å². The maximum Gasteiger partial charge on any atom is 0.252 e. The zero-order chi connectivity index (χ0) is 18.4. The van der Waals surface area contributed by atoms with Gasteiger partial charge in [-0.1, -0.05) is 41.0 Å². The van der Waals surface area contributed by atoms with Gasteiger partial charge in [0.05, 0.1) is 17.0 Å². The lowest BCUT2D eigenvalue weighted by Gasteiger charge is -2.09. The van der Waals surface area contributed by atoms with E-state index in [4.69, 9.17) is 16.1 Å². The highest BCUT2D eigenvalue weighted by molar-refractivity contribution is 7.98. The molecule has 1 heterocycles. The van der Waals surface area contributed by atoms with Crippen molar-refractivity contribution in [1.29, 1.82) is 0 Å². The molecule has 26 heavy (non-hydrogen) atoms. The van der Waals surface area contributed by atoms with Gasteiger partial charge < -0.3 is 9.84 Å². The van der Waals surface area contributed by atoms with Crippen LogP contribution in [-0.2, 0) is 12.2 Å². The number of nitrogens with one attached hydrogen (secondary N) is 1. The van der Waals surface area contributed by atoms with Gasteiger partial charge in [-0.15, -0.1) is 11.8 Å². The fourth-order valence-corrected chi connectivity index (χ4v) is 3.66. The van der Waals surface area contributed by atoms with Crippen LogP contribution < -0.4 is 5.32 Å². The minimum Gasteiger partial charge on any atom is -0.360 e. The predicted molar refractivity (Wildman–Crippen MR) is 105 cm³/mol. The van der Waals surface area contributed by atoms with Gasteiger partial charge in [0.1, 0.15) is 5.76 Å². The lowest BCUT2D eigenvalue weighted by Crippen LogP contribution is -2.26. The van der Waals surface area contributed by atoms with Gasteiger partial charge >= 0.3 is 0 Å². The maximum absolute atomic E-state index is 12.6. The highest BCUT2D eigenvalue weighted by Crippen LogP contribution is 2.26. The average molecular weight is 387 g/mol. The van der Waals surface area contributed by atoms with Gasteiger partial charge in [0, 0.05) is 22.5 Å². The van der Waals surface area contributed by atoms with Crippen LogP contribution in [-0.4, -0.2) is 17.6 Å². The minimum atomic E-state index is -0.0797. The van der Waals surface area contributed by atoms with Crippen LogP contribution in [0.25, 0.3) is 0 Å². The monoisotopic (exact) mass is 386 g/mol. The van der Waals surface area contributed by atoms with E-state index < -0.39 is 0 Å². The third kappa shape index (κ3) is 5.13. The quantitative estimate of drug-likeness (QED) is 0.586. The normalized spacial score (nSPS) is 10.7. The number of nitrogens with zero attached hydrogens (tertiary/aromatic N) is 1. The second-order valence-electron chi connectivity index (χ2n) is 5.86. The molecule has 1 amide bonds. The Balaban J connectivity index is 1.58. The standard InChI is InChI=1S/C20H19ClN2O2S/c1-14-11-17(25-23-14)13-26-19-8-3-2-7-18(19)20(24)22-10-9-15-5-4-6-16(21)12-15/h2-8,11-12H,9-10,13H2,1H3,(H,22,24). The molecule has 0 saturated heterocycles. The first-order valence-corrected chi connectivity index (χ1v) is 9.65. The first-order chi connectivity index (χ1) is 12.6. The van der Waals surface area contributed by atoms with Crippen LogP contribution >= 0.6 is 23.4 Å². The van der Waals surface area contributed by atoms with E-state index in [0.29, 0.717) is 22.9 Å². The highest BCUT2D eigenvalue weighted by Gasteiger charge is 2.12. The van der Waals surface area contributed by atoms with Gasteiger partial charge in [0.2, 0.25) is 0 Å². The fourth-order valence-electron chi connectivity index (χ4n) is 2.52. The van der Waals surface area contributed by atoms with Crippen molar-refractivity contribution in [2.75, 3.05) is 6.54 Å². The Bertz CT molecular complexity index is 895. The number of carbonyl (C=O) groups excluding carboxylic acids is 1. The van der Waals surface area contributed by atoms with Gasteiger partial charge in [-0.2, -0.15) is 0 Å². The number of carbonyl (C=O) groups is 1. The molecular formula is C20H19ClN2O2S. The molecule has 1 aromatic heterocycles. The number of aromatic nitrogens is 1. The number of aryl methyl sites for hydroxylation is 1. The van der Waals surface area contributed by atoms with E-state index in [1.165, 1.54) is 0 Å². The summed E-state index contributed by atoms with van der Waals surface area (Å²) >= 11 is 7.55. The molecule has 0 radical (unpaired) electrons. The van der Waals surface area contributed by atoms with Gasteiger partial charge in [-0.3, -0.25) is 4.79 Å². The smallest absolute Gasteiger partial charge is 0.252 e. The Kier molecular flexibility index (Phi) is 6.36. The van der Waals surface area contributed by atoms with Crippen LogP contribution in [0.3, 0.4) is 0 Å². The fraction of sp³-hybridized carbons (Fsp3) is 0.200. The molecule has 6 heteroatoms. The molecule has 0 aliphatic heterocycles. The summed E-state index contributed by atoms with van der Waals surface area (Å²) in [6, 6.07) is 17.1. The van der Waals surface area contributed by atoms with Gasteiger partial charge in [0.15, 0.2) is 0 Å². The zero-order valence-corrected chi connectivity index (χ0v) is 15.9.